The Balaban J connectivity index is 1.97. The second-order valence-electron chi connectivity index (χ2n) is 5.79. The Bertz CT molecular complexity index is 739. The van der Waals surface area contributed by atoms with Gasteiger partial charge in [-0.1, -0.05) is 5.16 Å². The van der Waals surface area contributed by atoms with E-state index in [0.717, 1.165) is 5.69 Å². The van der Waals surface area contributed by atoms with E-state index < -0.39 is 0 Å². The lowest BCUT2D eigenvalue weighted by molar-refractivity contribution is -0.00535. The first-order chi connectivity index (χ1) is 11.5. The lowest BCUT2D eigenvalue weighted by atomic mass is 10.1. The summed E-state index contributed by atoms with van der Waals surface area (Å²) in [6.07, 6.45) is 0. The maximum absolute atomic E-state index is 13.0. The SMILES string of the molecule is CNc1cc(C)nc([C@H]2COCCN2C(=O)c2c(C)noc2C)n1. The summed E-state index contributed by atoms with van der Waals surface area (Å²) in [7, 11) is 1.80. The normalized spacial score (nSPS) is 17.8. The van der Waals surface area contributed by atoms with Gasteiger partial charge >= 0.3 is 0 Å². The number of aryl methyl sites for hydroxylation is 3. The first-order valence-corrected chi connectivity index (χ1v) is 7.86. The molecule has 1 saturated heterocycles. The van der Waals surface area contributed by atoms with Crippen molar-refractivity contribution in [2.75, 3.05) is 32.1 Å². The highest BCUT2D eigenvalue weighted by molar-refractivity contribution is 5.96. The molecule has 8 nitrogen and oxygen atoms in total. The van der Waals surface area contributed by atoms with Crippen LogP contribution in [0, 0.1) is 20.8 Å². The summed E-state index contributed by atoms with van der Waals surface area (Å²) in [6, 6.07) is 1.51. The molecular weight excluding hydrogens is 310 g/mol. The van der Waals surface area contributed by atoms with Crippen molar-refractivity contribution in [1.82, 2.24) is 20.0 Å². The van der Waals surface area contributed by atoms with Crippen molar-refractivity contribution in [3.05, 3.63) is 34.6 Å². The van der Waals surface area contributed by atoms with Gasteiger partial charge < -0.3 is 19.5 Å². The molecule has 128 valence electrons. The average molecular weight is 331 g/mol. The maximum atomic E-state index is 13.0. The largest absolute Gasteiger partial charge is 0.377 e. The second kappa shape index (κ2) is 6.56. The fourth-order valence-corrected chi connectivity index (χ4v) is 2.86. The van der Waals surface area contributed by atoms with Crippen LogP contribution in [0.3, 0.4) is 0 Å². The van der Waals surface area contributed by atoms with E-state index in [-0.39, 0.29) is 11.9 Å². The van der Waals surface area contributed by atoms with Crippen molar-refractivity contribution < 1.29 is 14.1 Å². The molecule has 24 heavy (non-hydrogen) atoms. The molecular formula is C16H21N5O3. The molecule has 1 atom stereocenters. The van der Waals surface area contributed by atoms with E-state index in [9.17, 15) is 4.79 Å². The van der Waals surface area contributed by atoms with Crippen LogP contribution >= 0.6 is 0 Å². The minimum atomic E-state index is -0.341. The van der Waals surface area contributed by atoms with Crippen molar-refractivity contribution in [2.24, 2.45) is 0 Å². The number of hydrogen-bond donors (Lipinski definition) is 1. The van der Waals surface area contributed by atoms with Crippen LogP contribution in [-0.4, -0.2) is 52.7 Å². The van der Waals surface area contributed by atoms with Gasteiger partial charge in [0.1, 0.15) is 23.2 Å². The van der Waals surface area contributed by atoms with E-state index in [1.165, 1.54) is 0 Å². The molecule has 0 aromatic carbocycles. The van der Waals surface area contributed by atoms with Gasteiger partial charge in [0, 0.05) is 25.4 Å². The fraction of sp³-hybridized carbons (Fsp3) is 0.500. The smallest absolute Gasteiger partial charge is 0.260 e. The summed E-state index contributed by atoms with van der Waals surface area (Å²) < 4.78 is 10.7. The number of amides is 1. The minimum absolute atomic E-state index is 0.129. The second-order valence-corrected chi connectivity index (χ2v) is 5.79. The summed E-state index contributed by atoms with van der Waals surface area (Å²) in [6.45, 7) is 6.72. The standard InChI is InChI=1S/C16H21N5O3/c1-9-7-13(17-4)19-15(18-9)12-8-23-6-5-21(12)16(22)14-10(2)20-24-11(14)3/h7,12H,5-6,8H2,1-4H3,(H,17,18,19)/t12-/m1/s1. The number of nitrogens with one attached hydrogen (secondary N) is 1. The highest BCUT2D eigenvalue weighted by Gasteiger charge is 2.34. The molecule has 1 N–H and O–H groups in total. The van der Waals surface area contributed by atoms with Gasteiger partial charge in [-0.3, -0.25) is 4.79 Å². The van der Waals surface area contributed by atoms with E-state index in [0.29, 0.717) is 48.4 Å². The van der Waals surface area contributed by atoms with Crippen LogP contribution in [-0.2, 0) is 4.74 Å². The third-order valence-corrected chi connectivity index (χ3v) is 4.06. The predicted octanol–water partition coefficient (Wildman–Crippen LogP) is 1.65. The van der Waals surface area contributed by atoms with Gasteiger partial charge in [0.2, 0.25) is 0 Å². The zero-order valence-electron chi connectivity index (χ0n) is 14.3. The number of morpholine rings is 1. The lowest BCUT2D eigenvalue weighted by Crippen LogP contribution is -2.44. The monoisotopic (exact) mass is 331 g/mol. The molecule has 0 radical (unpaired) electrons. The quantitative estimate of drug-likeness (QED) is 0.914. The van der Waals surface area contributed by atoms with Crippen molar-refractivity contribution in [1.29, 1.82) is 0 Å². The van der Waals surface area contributed by atoms with Gasteiger partial charge in [0.15, 0.2) is 5.82 Å². The summed E-state index contributed by atoms with van der Waals surface area (Å²) in [5, 5.41) is 6.89. The number of hydrogen-bond acceptors (Lipinski definition) is 7. The zero-order valence-corrected chi connectivity index (χ0v) is 14.3. The van der Waals surface area contributed by atoms with Crippen molar-refractivity contribution in [2.45, 2.75) is 26.8 Å². The number of aromatic nitrogens is 3. The molecule has 8 heteroatoms. The molecule has 0 unspecified atom stereocenters. The van der Waals surface area contributed by atoms with E-state index in [1.807, 2.05) is 13.0 Å². The van der Waals surface area contributed by atoms with Crippen molar-refractivity contribution >= 4 is 11.7 Å². The van der Waals surface area contributed by atoms with Crippen molar-refractivity contribution in [3.8, 4) is 0 Å². The Hall–Kier alpha value is -2.48. The molecule has 0 saturated carbocycles. The van der Waals surface area contributed by atoms with E-state index in [1.54, 1.807) is 25.8 Å². The van der Waals surface area contributed by atoms with Gasteiger partial charge in [-0.2, -0.15) is 0 Å². The molecule has 2 aromatic rings. The summed E-state index contributed by atoms with van der Waals surface area (Å²) in [4.78, 5) is 23.8. The van der Waals surface area contributed by atoms with Crippen LogP contribution in [0.4, 0.5) is 5.82 Å². The summed E-state index contributed by atoms with van der Waals surface area (Å²) in [5.41, 5.74) is 1.92. The Morgan fingerprint density at radius 2 is 2.12 bits per heavy atom. The summed E-state index contributed by atoms with van der Waals surface area (Å²) in [5.74, 6) is 1.67. The zero-order chi connectivity index (χ0) is 17.3. The molecule has 0 bridgehead atoms. The highest BCUT2D eigenvalue weighted by Crippen LogP contribution is 2.26. The first kappa shape index (κ1) is 16.4. The lowest BCUT2D eigenvalue weighted by Gasteiger charge is -2.34. The van der Waals surface area contributed by atoms with Crippen LogP contribution in [0.2, 0.25) is 0 Å². The Morgan fingerprint density at radius 3 is 2.79 bits per heavy atom. The van der Waals surface area contributed by atoms with Crippen LogP contribution in [0.1, 0.15) is 39.4 Å². The molecule has 1 aliphatic heterocycles. The van der Waals surface area contributed by atoms with Crippen LogP contribution in [0.5, 0.6) is 0 Å². The molecule has 3 rings (SSSR count). The predicted molar refractivity (Wildman–Crippen MR) is 86.9 cm³/mol. The minimum Gasteiger partial charge on any atom is -0.377 e. The number of carbonyl (C=O) groups is 1. The highest BCUT2D eigenvalue weighted by atomic mass is 16.5. The van der Waals surface area contributed by atoms with E-state index in [2.05, 4.69) is 20.4 Å². The molecule has 1 amide bonds. The first-order valence-electron chi connectivity index (χ1n) is 7.86. The van der Waals surface area contributed by atoms with Gasteiger partial charge in [-0.15, -0.1) is 0 Å². The average Bonchev–Trinajstić information content (AvgIpc) is 2.92. The third-order valence-electron chi connectivity index (χ3n) is 4.06. The fourth-order valence-electron chi connectivity index (χ4n) is 2.86. The Labute approximate surface area is 140 Å². The van der Waals surface area contributed by atoms with Gasteiger partial charge in [-0.25, -0.2) is 9.97 Å². The van der Waals surface area contributed by atoms with Crippen LogP contribution in [0.15, 0.2) is 10.6 Å². The van der Waals surface area contributed by atoms with Crippen LogP contribution < -0.4 is 5.32 Å². The maximum Gasteiger partial charge on any atom is 0.260 e. The van der Waals surface area contributed by atoms with Crippen molar-refractivity contribution in [3.63, 3.8) is 0 Å². The summed E-state index contributed by atoms with van der Waals surface area (Å²) >= 11 is 0. The molecule has 0 spiro atoms. The molecule has 2 aromatic heterocycles. The number of rotatable bonds is 3. The van der Waals surface area contributed by atoms with Gasteiger partial charge in [-0.05, 0) is 20.8 Å². The molecule has 0 aliphatic carbocycles. The van der Waals surface area contributed by atoms with E-state index >= 15 is 0 Å². The Kier molecular flexibility index (Phi) is 4.48. The van der Waals surface area contributed by atoms with Crippen LogP contribution in [0.25, 0.3) is 0 Å². The number of carbonyl (C=O) groups excluding carboxylic acids is 1. The number of nitrogens with zero attached hydrogens (tertiary/aromatic N) is 4. The topological polar surface area (TPSA) is 93.4 Å². The number of anilines is 1. The molecule has 1 aliphatic rings. The molecule has 3 heterocycles. The molecule has 1 fully saturated rings. The van der Waals surface area contributed by atoms with Gasteiger partial charge in [0.05, 0.1) is 18.9 Å². The Morgan fingerprint density at radius 1 is 1.33 bits per heavy atom. The number of ether oxygens (including phenoxy) is 1. The van der Waals surface area contributed by atoms with Gasteiger partial charge in [0.25, 0.3) is 5.91 Å². The third kappa shape index (κ3) is 2.96. The van der Waals surface area contributed by atoms with E-state index in [4.69, 9.17) is 9.26 Å².